The molecular formula is C16H19NOS. The minimum absolute atomic E-state index is 0.366. The molecular weight excluding hydrogens is 254 g/mol. The van der Waals surface area contributed by atoms with Crippen molar-refractivity contribution in [2.75, 3.05) is 5.75 Å². The molecule has 2 nitrogen and oxygen atoms in total. The number of aliphatic hydroxyl groups is 1. The molecule has 0 spiro atoms. The summed E-state index contributed by atoms with van der Waals surface area (Å²) in [5.41, 5.74) is 1.99. The second-order valence-electron chi connectivity index (χ2n) is 5.21. The van der Waals surface area contributed by atoms with Gasteiger partial charge in [0, 0.05) is 22.6 Å². The highest BCUT2D eigenvalue weighted by atomic mass is 32.2. The van der Waals surface area contributed by atoms with E-state index in [9.17, 15) is 5.11 Å². The third-order valence-electron chi connectivity index (χ3n) is 3.80. The Kier molecular flexibility index (Phi) is 4.04. The van der Waals surface area contributed by atoms with E-state index in [4.69, 9.17) is 0 Å². The van der Waals surface area contributed by atoms with Crippen LogP contribution in [0.3, 0.4) is 0 Å². The summed E-state index contributed by atoms with van der Waals surface area (Å²) in [7, 11) is 0. The maximum Gasteiger partial charge on any atom is 0.0880 e. The Labute approximate surface area is 118 Å². The molecule has 100 valence electrons. The SMILES string of the molecule is OC(CSC1CCCC1)c1ccc2ncccc2c1. The van der Waals surface area contributed by atoms with Crippen LogP contribution in [0.25, 0.3) is 10.9 Å². The van der Waals surface area contributed by atoms with Crippen LogP contribution in [0.15, 0.2) is 36.5 Å². The molecule has 1 fully saturated rings. The minimum Gasteiger partial charge on any atom is -0.388 e. The molecule has 1 aliphatic rings. The van der Waals surface area contributed by atoms with Crippen LogP contribution in [-0.4, -0.2) is 21.1 Å². The van der Waals surface area contributed by atoms with Gasteiger partial charge in [0.15, 0.2) is 0 Å². The average Bonchev–Trinajstić information content (AvgIpc) is 2.97. The smallest absolute Gasteiger partial charge is 0.0880 e. The second kappa shape index (κ2) is 5.93. The molecule has 1 aromatic carbocycles. The van der Waals surface area contributed by atoms with Crippen LogP contribution >= 0.6 is 11.8 Å². The number of hydrogen-bond donors (Lipinski definition) is 1. The fourth-order valence-corrected chi connectivity index (χ4v) is 3.99. The first-order valence-electron chi connectivity index (χ1n) is 6.97. The fourth-order valence-electron chi connectivity index (χ4n) is 2.68. The van der Waals surface area contributed by atoms with Crippen molar-refractivity contribution in [3.8, 4) is 0 Å². The Morgan fingerprint density at radius 1 is 1.26 bits per heavy atom. The summed E-state index contributed by atoms with van der Waals surface area (Å²) in [4.78, 5) is 4.30. The number of aromatic nitrogens is 1. The van der Waals surface area contributed by atoms with Crippen molar-refractivity contribution < 1.29 is 5.11 Å². The number of aliphatic hydroxyl groups excluding tert-OH is 1. The van der Waals surface area contributed by atoms with Crippen LogP contribution in [-0.2, 0) is 0 Å². The molecule has 0 radical (unpaired) electrons. The standard InChI is InChI=1S/C16H19NOS/c18-16(11-19-14-5-1-2-6-14)13-7-8-15-12(10-13)4-3-9-17-15/h3-4,7-10,14,16,18H,1-2,5-6,11H2. The van der Waals surface area contributed by atoms with Gasteiger partial charge in [0.1, 0.15) is 0 Å². The lowest BCUT2D eigenvalue weighted by Gasteiger charge is -2.14. The van der Waals surface area contributed by atoms with Crippen molar-refractivity contribution in [1.82, 2.24) is 4.98 Å². The number of benzene rings is 1. The van der Waals surface area contributed by atoms with Crippen LogP contribution < -0.4 is 0 Å². The first-order chi connectivity index (χ1) is 9.33. The van der Waals surface area contributed by atoms with Gasteiger partial charge in [-0.2, -0.15) is 11.8 Å². The predicted molar refractivity (Wildman–Crippen MR) is 81.4 cm³/mol. The van der Waals surface area contributed by atoms with Gasteiger partial charge < -0.3 is 5.11 Å². The van der Waals surface area contributed by atoms with Crippen LogP contribution in [0, 0.1) is 0 Å². The van der Waals surface area contributed by atoms with E-state index in [1.807, 2.05) is 36.0 Å². The summed E-state index contributed by atoms with van der Waals surface area (Å²) < 4.78 is 0. The largest absolute Gasteiger partial charge is 0.388 e. The molecule has 1 atom stereocenters. The van der Waals surface area contributed by atoms with Gasteiger partial charge in [-0.1, -0.05) is 25.0 Å². The Hall–Kier alpha value is -1.06. The molecule has 0 bridgehead atoms. The number of thioether (sulfide) groups is 1. The molecule has 3 heteroatoms. The van der Waals surface area contributed by atoms with Crippen LogP contribution in [0.5, 0.6) is 0 Å². The van der Waals surface area contributed by atoms with E-state index in [1.165, 1.54) is 25.7 Å². The minimum atomic E-state index is -0.366. The molecule has 1 unspecified atom stereocenters. The molecule has 0 amide bonds. The van der Waals surface area contributed by atoms with Crippen molar-refractivity contribution in [3.05, 3.63) is 42.1 Å². The Morgan fingerprint density at radius 3 is 2.95 bits per heavy atom. The first-order valence-corrected chi connectivity index (χ1v) is 8.02. The van der Waals surface area contributed by atoms with Crippen molar-refractivity contribution in [2.24, 2.45) is 0 Å². The Balaban J connectivity index is 1.68. The van der Waals surface area contributed by atoms with Gasteiger partial charge in [-0.15, -0.1) is 0 Å². The quantitative estimate of drug-likeness (QED) is 0.916. The first kappa shape index (κ1) is 12.9. The average molecular weight is 273 g/mol. The van der Waals surface area contributed by atoms with Gasteiger partial charge in [-0.3, -0.25) is 4.98 Å². The van der Waals surface area contributed by atoms with Crippen molar-refractivity contribution in [3.63, 3.8) is 0 Å². The molecule has 1 N–H and O–H groups in total. The highest BCUT2D eigenvalue weighted by Crippen LogP contribution is 2.32. The van der Waals surface area contributed by atoms with Crippen LogP contribution in [0.1, 0.15) is 37.4 Å². The van der Waals surface area contributed by atoms with E-state index < -0.39 is 0 Å². The second-order valence-corrected chi connectivity index (χ2v) is 6.54. The lowest BCUT2D eigenvalue weighted by molar-refractivity contribution is 0.204. The summed E-state index contributed by atoms with van der Waals surface area (Å²) in [6.45, 7) is 0. The molecule has 1 aliphatic carbocycles. The number of nitrogens with zero attached hydrogens (tertiary/aromatic N) is 1. The zero-order valence-corrected chi connectivity index (χ0v) is 11.8. The number of hydrogen-bond acceptors (Lipinski definition) is 3. The van der Waals surface area contributed by atoms with Gasteiger partial charge >= 0.3 is 0 Å². The van der Waals surface area contributed by atoms with E-state index in [2.05, 4.69) is 11.1 Å². The number of fused-ring (bicyclic) bond motifs is 1. The van der Waals surface area contributed by atoms with Crippen LogP contribution in [0.2, 0.25) is 0 Å². The monoisotopic (exact) mass is 273 g/mol. The summed E-state index contributed by atoms with van der Waals surface area (Å²) in [6, 6.07) is 10.0. The topological polar surface area (TPSA) is 33.1 Å². The fraction of sp³-hybridized carbons (Fsp3) is 0.438. The summed E-state index contributed by atoms with van der Waals surface area (Å²) in [6.07, 6.45) is 6.78. The third kappa shape index (κ3) is 3.10. The number of pyridine rings is 1. The van der Waals surface area contributed by atoms with E-state index in [0.29, 0.717) is 0 Å². The van der Waals surface area contributed by atoms with Crippen molar-refractivity contribution in [2.45, 2.75) is 37.0 Å². The Bertz CT molecular complexity index is 551. The van der Waals surface area contributed by atoms with Crippen LogP contribution in [0.4, 0.5) is 0 Å². The molecule has 0 aliphatic heterocycles. The van der Waals surface area contributed by atoms with E-state index >= 15 is 0 Å². The van der Waals surface area contributed by atoms with Crippen molar-refractivity contribution >= 4 is 22.7 Å². The molecule has 3 rings (SSSR count). The molecule has 1 heterocycles. The molecule has 19 heavy (non-hydrogen) atoms. The van der Waals surface area contributed by atoms with E-state index in [0.717, 1.165) is 27.5 Å². The maximum absolute atomic E-state index is 10.3. The van der Waals surface area contributed by atoms with E-state index in [-0.39, 0.29) is 6.10 Å². The molecule has 2 aromatic rings. The predicted octanol–water partition coefficient (Wildman–Crippen LogP) is 3.94. The van der Waals surface area contributed by atoms with Gasteiger partial charge in [-0.25, -0.2) is 0 Å². The van der Waals surface area contributed by atoms with E-state index in [1.54, 1.807) is 6.20 Å². The Morgan fingerprint density at radius 2 is 2.11 bits per heavy atom. The zero-order valence-electron chi connectivity index (χ0n) is 11.0. The van der Waals surface area contributed by atoms with Gasteiger partial charge in [0.05, 0.1) is 11.6 Å². The highest BCUT2D eigenvalue weighted by molar-refractivity contribution is 7.99. The third-order valence-corrected chi connectivity index (χ3v) is 5.25. The summed E-state index contributed by atoms with van der Waals surface area (Å²) in [5.74, 6) is 0.802. The van der Waals surface area contributed by atoms with Crippen molar-refractivity contribution in [1.29, 1.82) is 0 Å². The number of rotatable bonds is 4. The highest BCUT2D eigenvalue weighted by Gasteiger charge is 2.17. The van der Waals surface area contributed by atoms with Gasteiger partial charge in [0.2, 0.25) is 0 Å². The zero-order chi connectivity index (χ0) is 13.1. The van der Waals surface area contributed by atoms with Gasteiger partial charge in [-0.05, 0) is 36.6 Å². The molecule has 1 saturated carbocycles. The summed E-state index contributed by atoms with van der Waals surface area (Å²) in [5, 5.41) is 12.2. The molecule has 0 saturated heterocycles. The lowest BCUT2D eigenvalue weighted by atomic mass is 10.1. The molecule has 1 aromatic heterocycles. The van der Waals surface area contributed by atoms with Gasteiger partial charge in [0.25, 0.3) is 0 Å². The summed E-state index contributed by atoms with van der Waals surface area (Å²) >= 11 is 1.93. The normalized spacial score (nSPS) is 17.9. The maximum atomic E-state index is 10.3. The lowest BCUT2D eigenvalue weighted by Crippen LogP contribution is -2.05.